The Kier molecular flexibility index (Phi) is 45.3. The van der Waals surface area contributed by atoms with Gasteiger partial charge in [0.15, 0.2) is 0 Å². The third-order valence-corrected chi connectivity index (χ3v) is 13.8. The molecule has 8 nitrogen and oxygen atoms in total. The number of quaternary nitrogens is 1. The van der Waals surface area contributed by atoms with E-state index in [1.165, 1.54) is 218 Å². The van der Waals surface area contributed by atoms with Crippen LogP contribution in [-0.2, 0) is 18.4 Å². The SMILES string of the molecule is CCCCCCCCCCCCCCCCCCCCCCCCCCC(=O)N[C@@H](COP(=O)([O-])OCC[N+](C)(C)C)[C@H](O)CCCCCCCCCCCCCCCCCC. The smallest absolute Gasteiger partial charge is 0.268 e. The summed E-state index contributed by atoms with van der Waals surface area (Å²) in [4.78, 5) is 25.5. The molecular formula is C53H109N2O6P. The molecule has 0 saturated heterocycles. The van der Waals surface area contributed by atoms with E-state index in [2.05, 4.69) is 19.2 Å². The maximum Gasteiger partial charge on any atom is 0.268 e. The molecule has 0 bridgehead atoms. The van der Waals surface area contributed by atoms with Gasteiger partial charge >= 0.3 is 0 Å². The van der Waals surface area contributed by atoms with Crippen LogP contribution in [-0.4, -0.2) is 68.5 Å². The van der Waals surface area contributed by atoms with Crippen molar-refractivity contribution in [3.05, 3.63) is 0 Å². The minimum Gasteiger partial charge on any atom is -0.756 e. The predicted octanol–water partition coefficient (Wildman–Crippen LogP) is 15.5. The fourth-order valence-corrected chi connectivity index (χ4v) is 9.24. The molecule has 0 aromatic rings. The van der Waals surface area contributed by atoms with E-state index >= 15 is 0 Å². The first-order valence-electron chi connectivity index (χ1n) is 27.4. The monoisotopic (exact) mass is 901 g/mol. The van der Waals surface area contributed by atoms with Crippen molar-refractivity contribution in [2.75, 3.05) is 40.9 Å². The van der Waals surface area contributed by atoms with Crippen molar-refractivity contribution in [2.24, 2.45) is 0 Å². The number of unbranched alkanes of at least 4 members (excludes halogenated alkanes) is 38. The number of aliphatic hydroxyl groups is 1. The van der Waals surface area contributed by atoms with Crippen LogP contribution in [0, 0.1) is 0 Å². The van der Waals surface area contributed by atoms with Crippen LogP contribution in [0.5, 0.6) is 0 Å². The van der Waals surface area contributed by atoms with Gasteiger partial charge in [-0.15, -0.1) is 0 Å². The van der Waals surface area contributed by atoms with Crippen molar-refractivity contribution in [1.29, 1.82) is 0 Å². The van der Waals surface area contributed by atoms with E-state index in [4.69, 9.17) is 9.05 Å². The van der Waals surface area contributed by atoms with Gasteiger partial charge in [-0.3, -0.25) is 9.36 Å². The second-order valence-corrected chi connectivity index (χ2v) is 21.7. The van der Waals surface area contributed by atoms with Gasteiger partial charge in [0.1, 0.15) is 13.2 Å². The molecule has 0 fully saturated rings. The zero-order valence-corrected chi connectivity index (χ0v) is 43.3. The summed E-state index contributed by atoms with van der Waals surface area (Å²) in [5.41, 5.74) is 0. The highest BCUT2D eigenvalue weighted by molar-refractivity contribution is 7.45. The number of nitrogens with zero attached hydrogens (tertiary/aromatic N) is 1. The van der Waals surface area contributed by atoms with Gasteiger partial charge in [0.2, 0.25) is 5.91 Å². The van der Waals surface area contributed by atoms with Gasteiger partial charge in [0.05, 0.1) is 39.9 Å². The fraction of sp³-hybridized carbons (Fsp3) is 0.981. The number of nitrogens with one attached hydrogen (secondary N) is 1. The molecule has 3 atom stereocenters. The number of phosphoric ester groups is 1. The van der Waals surface area contributed by atoms with Gasteiger partial charge in [0, 0.05) is 6.42 Å². The summed E-state index contributed by atoms with van der Waals surface area (Å²) >= 11 is 0. The van der Waals surface area contributed by atoms with Crippen LogP contribution >= 0.6 is 7.82 Å². The maximum absolute atomic E-state index is 13.0. The fourth-order valence-electron chi connectivity index (χ4n) is 8.51. The number of hydrogen-bond donors (Lipinski definition) is 2. The standard InChI is InChI=1S/C53H109N2O6P/c1-6-8-10-12-14-16-18-20-22-24-25-26-27-28-29-30-31-33-35-37-39-41-43-45-47-53(57)54-51(50-61-62(58,59)60-49-48-55(3,4)5)52(56)46-44-42-40-38-36-34-32-23-21-19-17-15-13-11-9-7-2/h51-52,56H,6-50H2,1-5H3,(H-,54,57,58,59)/t51-,52+/m0/s1. The minimum atomic E-state index is -4.56. The lowest BCUT2D eigenvalue weighted by molar-refractivity contribution is -0.870. The number of amides is 1. The highest BCUT2D eigenvalue weighted by Gasteiger charge is 2.24. The number of carbonyl (C=O) groups is 1. The Morgan fingerprint density at radius 1 is 0.500 bits per heavy atom. The molecule has 1 amide bonds. The summed E-state index contributed by atoms with van der Waals surface area (Å²) < 4.78 is 23.4. The Bertz CT molecular complexity index is 978. The van der Waals surface area contributed by atoms with Gasteiger partial charge in [-0.05, 0) is 12.8 Å². The number of likely N-dealkylation sites (N-methyl/N-ethyl adjacent to an activating group) is 1. The third kappa shape index (κ3) is 47.5. The number of phosphoric acid groups is 1. The van der Waals surface area contributed by atoms with E-state index in [0.717, 1.165) is 38.5 Å². The summed E-state index contributed by atoms with van der Waals surface area (Å²) in [7, 11) is 1.32. The summed E-state index contributed by atoms with van der Waals surface area (Å²) in [6, 6.07) is -0.794. The first-order chi connectivity index (χ1) is 30.0. The van der Waals surface area contributed by atoms with Crippen LogP contribution in [0.15, 0.2) is 0 Å². The normalized spacial score (nSPS) is 14.0. The van der Waals surface area contributed by atoms with Crippen molar-refractivity contribution >= 4 is 13.7 Å². The molecule has 0 spiro atoms. The van der Waals surface area contributed by atoms with Gasteiger partial charge < -0.3 is 28.8 Å². The molecule has 2 N–H and O–H groups in total. The van der Waals surface area contributed by atoms with Crippen molar-refractivity contribution < 1.29 is 32.9 Å². The second-order valence-electron chi connectivity index (χ2n) is 20.3. The largest absolute Gasteiger partial charge is 0.756 e. The zero-order valence-electron chi connectivity index (χ0n) is 42.4. The number of rotatable bonds is 51. The molecule has 62 heavy (non-hydrogen) atoms. The van der Waals surface area contributed by atoms with Crippen LogP contribution < -0.4 is 10.2 Å². The molecule has 0 saturated carbocycles. The first-order valence-corrected chi connectivity index (χ1v) is 28.8. The number of carbonyl (C=O) groups excluding carboxylic acids is 1. The average Bonchev–Trinajstić information content (AvgIpc) is 3.23. The predicted molar refractivity (Wildman–Crippen MR) is 266 cm³/mol. The van der Waals surface area contributed by atoms with Crippen molar-refractivity contribution in [3.63, 3.8) is 0 Å². The highest BCUT2D eigenvalue weighted by Crippen LogP contribution is 2.38. The molecule has 9 heteroatoms. The summed E-state index contributed by atoms with van der Waals surface area (Å²) in [6.07, 6.45) is 52.7. The van der Waals surface area contributed by atoms with E-state index in [-0.39, 0.29) is 19.1 Å². The number of aliphatic hydroxyl groups excluding tert-OH is 1. The zero-order chi connectivity index (χ0) is 45.7. The summed E-state index contributed by atoms with van der Waals surface area (Å²) in [5, 5.41) is 14.0. The Balaban J connectivity index is 4.13. The highest BCUT2D eigenvalue weighted by atomic mass is 31.2. The Morgan fingerprint density at radius 2 is 0.790 bits per heavy atom. The molecule has 0 rings (SSSR count). The van der Waals surface area contributed by atoms with E-state index < -0.39 is 20.0 Å². The molecule has 0 aliphatic heterocycles. The average molecular weight is 901 g/mol. The van der Waals surface area contributed by atoms with Crippen molar-refractivity contribution in [3.8, 4) is 0 Å². The molecule has 0 aliphatic rings. The Morgan fingerprint density at radius 3 is 1.10 bits per heavy atom. The summed E-state index contributed by atoms with van der Waals surface area (Å²) in [6.45, 7) is 4.77. The topological polar surface area (TPSA) is 108 Å². The quantitative estimate of drug-likeness (QED) is 0.0358. The van der Waals surface area contributed by atoms with Crippen LogP contribution in [0.4, 0.5) is 0 Å². The van der Waals surface area contributed by atoms with E-state index in [0.29, 0.717) is 23.9 Å². The van der Waals surface area contributed by atoms with Gasteiger partial charge in [0.25, 0.3) is 7.82 Å². The molecule has 1 unspecified atom stereocenters. The van der Waals surface area contributed by atoms with E-state index in [1.807, 2.05) is 21.1 Å². The number of hydrogen-bond acceptors (Lipinski definition) is 6. The van der Waals surface area contributed by atoms with Crippen LogP contribution in [0.3, 0.4) is 0 Å². The van der Waals surface area contributed by atoms with Crippen LogP contribution in [0.1, 0.15) is 284 Å². The third-order valence-electron chi connectivity index (χ3n) is 12.8. The Hall–Kier alpha value is -0.500. The Labute approximate surface area is 387 Å². The van der Waals surface area contributed by atoms with E-state index in [1.54, 1.807) is 0 Å². The van der Waals surface area contributed by atoms with Gasteiger partial charge in [-0.1, -0.05) is 264 Å². The second kappa shape index (κ2) is 45.6. The van der Waals surface area contributed by atoms with Gasteiger partial charge in [-0.2, -0.15) is 0 Å². The molecule has 372 valence electrons. The minimum absolute atomic E-state index is 0.0165. The lowest BCUT2D eigenvalue weighted by Crippen LogP contribution is -2.46. The van der Waals surface area contributed by atoms with Gasteiger partial charge in [-0.25, -0.2) is 0 Å². The molecule has 0 heterocycles. The first kappa shape index (κ1) is 61.5. The molecule has 0 aliphatic carbocycles. The lowest BCUT2D eigenvalue weighted by atomic mass is 10.0. The molecular weight excluding hydrogens is 792 g/mol. The van der Waals surface area contributed by atoms with Crippen molar-refractivity contribution in [2.45, 2.75) is 296 Å². The molecule has 0 aromatic heterocycles. The lowest BCUT2D eigenvalue weighted by Gasteiger charge is -2.30. The van der Waals surface area contributed by atoms with Crippen molar-refractivity contribution in [1.82, 2.24) is 5.32 Å². The maximum atomic E-state index is 13.0. The van der Waals surface area contributed by atoms with Crippen LogP contribution in [0.25, 0.3) is 0 Å². The van der Waals surface area contributed by atoms with E-state index in [9.17, 15) is 19.4 Å². The summed E-state index contributed by atoms with van der Waals surface area (Å²) in [5.74, 6) is -0.157. The van der Waals surface area contributed by atoms with Crippen LogP contribution in [0.2, 0.25) is 0 Å². The molecule has 0 aromatic carbocycles. The molecule has 0 radical (unpaired) electrons.